The first-order valence-electron chi connectivity index (χ1n) is 14.0. The van der Waals surface area contributed by atoms with E-state index in [1.165, 1.54) is 37.9 Å². The minimum absolute atomic E-state index is 0.446. The molecular formula is C40H35ClOP2Ru. The van der Waals surface area contributed by atoms with Crippen molar-refractivity contribution in [1.29, 1.82) is 0 Å². The van der Waals surface area contributed by atoms with E-state index in [4.69, 9.17) is 4.65 Å². The van der Waals surface area contributed by atoms with Gasteiger partial charge in [0.15, 0.2) is 0 Å². The SMILES string of the molecule is C=C[CH2-].[C-]#[O+].[Cl][Ru+].c1ccc(P(c2ccccc2)c2ccccc2)cc1.c1ccc(P(c2ccccc2)c2ccccc2)cc1. The molecule has 0 aliphatic heterocycles. The van der Waals surface area contributed by atoms with Crippen LogP contribution in [0.1, 0.15) is 0 Å². The van der Waals surface area contributed by atoms with Gasteiger partial charge >= 0.3 is 38.3 Å². The molecule has 0 aliphatic rings. The topological polar surface area (TPSA) is 19.9 Å². The molecule has 5 heteroatoms. The Labute approximate surface area is 286 Å². The molecule has 0 amide bonds. The average Bonchev–Trinajstić information content (AvgIpc) is 3.14. The van der Waals surface area contributed by atoms with E-state index in [0.29, 0.717) is 0 Å². The third-order valence-corrected chi connectivity index (χ3v) is 11.0. The van der Waals surface area contributed by atoms with Crippen molar-refractivity contribution in [3.8, 4) is 0 Å². The van der Waals surface area contributed by atoms with Gasteiger partial charge in [-0.25, -0.2) is 19.6 Å². The van der Waals surface area contributed by atoms with Gasteiger partial charge in [-0.2, -0.15) is 0 Å². The van der Waals surface area contributed by atoms with E-state index in [1.54, 1.807) is 0 Å². The summed E-state index contributed by atoms with van der Waals surface area (Å²) in [7, 11) is 3.68. The van der Waals surface area contributed by atoms with Crippen molar-refractivity contribution in [2.45, 2.75) is 0 Å². The molecule has 0 fully saturated rings. The molecule has 0 aromatic heterocycles. The standard InChI is InChI=1S/2C18H15P.C3H5.CO.ClH.Ru/c2*1-4-10-16(11-5-1)19(17-12-6-2-7-13-17)18-14-8-3-9-15-18;1-3-2;1-2;;/h2*1-15H;3H,1-2H2;;1H;/q;;-1;;;+2/p-1. The van der Waals surface area contributed by atoms with Crippen molar-refractivity contribution in [3.63, 3.8) is 0 Å². The molecule has 0 spiro atoms. The average molecular weight is 730 g/mol. The van der Waals surface area contributed by atoms with Crippen LogP contribution in [0.4, 0.5) is 0 Å². The summed E-state index contributed by atoms with van der Waals surface area (Å²) < 4.78 is 7.50. The quantitative estimate of drug-likeness (QED) is 0.0709. The van der Waals surface area contributed by atoms with Crippen molar-refractivity contribution in [2.75, 3.05) is 0 Å². The first-order valence-corrected chi connectivity index (χ1v) is 18.9. The second kappa shape index (κ2) is 23.8. The van der Waals surface area contributed by atoms with Gasteiger partial charge in [-0.1, -0.05) is 182 Å². The Morgan fingerprint density at radius 2 is 0.533 bits per heavy atom. The predicted molar refractivity (Wildman–Crippen MR) is 196 cm³/mol. The molecule has 0 aliphatic carbocycles. The molecule has 0 N–H and O–H groups in total. The van der Waals surface area contributed by atoms with Gasteiger partial charge in [0.2, 0.25) is 0 Å². The van der Waals surface area contributed by atoms with Crippen LogP contribution in [0.25, 0.3) is 0 Å². The first-order chi connectivity index (χ1) is 22.3. The number of halogens is 1. The Morgan fingerprint density at radius 3 is 0.644 bits per heavy atom. The van der Waals surface area contributed by atoms with Gasteiger partial charge in [-0.05, 0) is 47.7 Å². The maximum Gasteiger partial charge on any atom is -0.0134 e. The van der Waals surface area contributed by atoms with Gasteiger partial charge in [-0.15, -0.1) is 0 Å². The molecular weight excluding hydrogens is 695 g/mol. The monoisotopic (exact) mass is 730 g/mol. The van der Waals surface area contributed by atoms with E-state index in [0.717, 1.165) is 0 Å². The molecule has 0 saturated carbocycles. The smallest absolute Gasteiger partial charge is 0.0134 e. The molecule has 0 heterocycles. The number of allylic oxidation sites excluding steroid dienone is 1. The minimum Gasteiger partial charge on any atom is -0.0622 e. The minimum atomic E-state index is -0.446. The van der Waals surface area contributed by atoms with Crippen LogP contribution in [0.15, 0.2) is 195 Å². The fourth-order valence-electron chi connectivity index (χ4n) is 4.36. The van der Waals surface area contributed by atoms with Crippen molar-refractivity contribution < 1.29 is 22.0 Å². The summed E-state index contributed by atoms with van der Waals surface area (Å²) in [5.74, 6) is 0. The fourth-order valence-corrected chi connectivity index (χ4v) is 8.97. The second-order valence-corrected chi connectivity index (χ2v) is 13.4. The summed E-state index contributed by atoms with van der Waals surface area (Å²) >= 11 is 1.82. The molecule has 6 aromatic rings. The van der Waals surface area contributed by atoms with E-state index in [-0.39, 0.29) is 0 Å². The van der Waals surface area contributed by atoms with Crippen molar-refractivity contribution in [2.24, 2.45) is 0 Å². The van der Waals surface area contributed by atoms with E-state index < -0.39 is 15.8 Å². The van der Waals surface area contributed by atoms with Gasteiger partial charge in [0, 0.05) is 0 Å². The zero-order valence-electron chi connectivity index (χ0n) is 24.8. The summed E-state index contributed by atoms with van der Waals surface area (Å²) in [6.07, 6.45) is 1.50. The van der Waals surface area contributed by atoms with Crippen LogP contribution in [-0.4, -0.2) is 0 Å². The van der Waals surface area contributed by atoms with Crippen LogP contribution in [0, 0.1) is 13.6 Å². The maximum absolute atomic E-state index is 7.50. The van der Waals surface area contributed by atoms with E-state index in [2.05, 4.69) is 212 Å². The van der Waals surface area contributed by atoms with Crippen molar-refractivity contribution in [3.05, 3.63) is 208 Å². The van der Waals surface area contributed by atoms with Crippen LogP contribution in [-0.2, 0) is 22.0 Å². The Bertz CT molecular complexity index is 1280. The van der Waals surface area contributed by atoms with Crippen LogP contribution < -0.4 is 31.8 Å². The Kier molecular flexibility index (Phi) is 19.9. The predicted octanol–water partition coefficient (Wildman–Crippen LogP) is 8.55. The zero-order chi connectivity index (χ0) is 32.5. The number of benzene rings is 6. The summed E-state index contributed by atoms with van der Waals surface area (Å²) in [5, 5.41) is 8.39. The van der Waals surface area contributed by atoms with Crippen LogP contribution >= 0.6 is 25.5 Å². The number of hydrogen-bond donors (Lipinski definition) is 0. The Hall–Kier alpha value is -3.56. The molecule has 6 rings (SSSR count). The van der Waals surface area contributed by atoms with Gasteiger partial charge in [0.05, 0.1) is 0 Å². The molecule has 226 valence electrons. The fraction of sp³-hybridized carbons (Fsp3) is 0. The Balaban J connectivity index is 0.000000262. The molecule has 0 unspecified atom stereocenters. The van der Waals surface area contributed by atoms with E-state index >= 15 is 0 Å². The van der Waals surface area contributed by atoms with Gasteiger partial charge in [0.1, 0.15) is 0 Å². The van der Waals surface area contributed by atoms with Crippen LogP contribution in [0.3, 0.4) is 0 Å². The summed E-state index contributed by atoms with van der Waals surface area (Å²) in [4.78, 5) is 0. The zero-order valence-corrected chi connectivity index (χ0v) is 29.1. The van der Waals surface area contributed by atoms with Crippen LogP contribution in [0.5, 0.6) is 0 Å². The molecule has 0 radical (unpaired) electrons. The second-order valence-electron chi connectivity index (χ2n) is 8.97. The Morgan fingerprint density at radius 1 is 0.422 bits per heavy atom. The summed E-state index contributed by atoms with van der Waals surface area (Å²) in [6, 6.07) is 64.7. The molecule has 0 saturated heterocycles. The normalized spacial score (nSPS) is 9.38. The number of hydrogen-bond acceptors (Lipinski definition) is 0. The summed E-state index contributed by atoms with van der Waals surface area (Å²) in [5.41, 5.74) is 0. The van der Waals surface area contributed by atoms with E-state index in [9.17, 15) is 0 Å². The maximum atomic E-state index is 7.50. The third-order valence-electron chi connectivity index (χ3n) is 6.09. The summed E-state index contributed by atoms with van der Waals surface area (Å²) in [6.45, 7) is 11.0. The molecule has 0 atom stereocenters. The molecule has 1 nitrogen and oxygen atoms in total. The van der Waals surface area contributed by atoms with Crippen molar-refractivity contribution in [1.82, 2.24) is 0 Å². The molecule has 6 aromatic carbocycles. The van der Waals surface area contributed by atoms with E-state index in [1.807, 2.05) is 17.3 Å². The van der Waals surface area contributed by atoms with Crippen LogP contribution in [0.2, 0.25) is 0 Å². The molecule has 0 bridgehead atoms. The largest absolute Gasteiger partial charge is 0.0622 e. The van der Waals surface area contributed by atoms with Crippen molar-refractivity contribution >= 4 is 57.4 Å². The molecule has 45 heavy (non-hydrogen) atoms. The number of rotatable bonds is 6. The van der Waals surface area contributed by atoms with Gasteiger partial charge in [-0.3, -0.25) is 0 Å². The van der Waals surface area contributed by atoms with Gasteiger partial charge < -0.3 is 0 Å². The third kappa shape index (κ3) is 12.8. The first kappa shape index (κ1) is 37.6. The van der Waals surface area contributed by atoms with Gasteiger partial charge in [0.25, 0.3) is 0 Å².